The number of pyridine rings is 1. The van der Waals surface area contributed by atoms with Gasteiger partial charge in [0.05, 0.1) is 41.0 Å². The zero-order chi connectivity index (χ0) is 26.1. The highest BCUT2D eigenvalue weighted by Gasteiger charge is 2.34. The van der Waals surface area contributed by atoms with E-state index >= 15 is 0 Å². The molecule has 0 atom stereocenters. The zero-order valence-corrected chi connectivity index (χ0v) is 20.5. The van der Waals surface area contributed by atoms with Gasteiger partial charge in [0.15, 0.2) is 0 Å². The monoisotopic (exact) mass is 498 g/mol. The number of aromatic nitrogens is 3. The molecule has 10 heteroatoms. The molecular formula is C27H26N6O4. The summed E-state index contributed by atoms with van der Waals surface area (Å²) in [5, 5.41) is 0.764. The van der Waals surface area contributed by atoms with Gasteiger partial charge < -0.3 is 15.5 Å². The maximum absolute atomic E-state index is 12.5. The predicted molar refractivity (Wildman–Crippen MR) is 142 cm³/mol. The number of H-pyrrole nitrogens is 1. The summed E-state index contributed by atoms with van der Waals surface area (Å²) in [5.74, 6) is 0.0832. The maximum atomic E-state index is 12.5. The number of benzene rings is 2. The summed E-state index contributed by atoms with van der Waals surface area (Å²) in [5.41, 5.74) is 10.0. The third-order valence-corrected chi connectivity index (χ3v) is 6.59. The highest BCUT2D eigenvalue weighted by atomic mass is 16.5. The molecule has 4 aromatic rings. The Labute approximate surface area is 212 Å². The number of nitrogens with two attached hydrogens (primary N) is 1. The normalized spacial score (nSPS) is 13.9. The molecule has 10 nitrogen and oxygen atoms in total. The fourth-order valence-corrected chi connectivity index (χ4v) is 4.57. The molecular weight excluding hydrogens is 472 g/mol. The van der Waals surface area contributed by atoms with Gasteiger partial charge in [-0.15, -0.1) is 0 Å². The lowest BCUT2D eigenvalue weighted by molar-refractivity contribution is 0.0652. The molecule has 0 spiro atoms. The molecule has 0 radical (unpaired) electrons. The van der Waals surface area contributed by atoms with Crippen LogP contribution in [0, 0.1) is 0 Å². The quantitative estimate of drug-likeness (QED) is 0.218. The second kappa shape index (κ2) is 9.73. The number of hydrogen-bond acceptors (Lipinski definition) is 7. The number of amides is 2. The molecule has 0 unspecified atom stereocenters. The van der Waals surface area contributed by atoms with Gasteiger partial charge in [-0.2, -0.15) is 0 Å². The average molecular weight is 499 g/mol. The van der Waals surface area contributed by atoms with Crippen LogP contribution in [0.1, 0.15) is 39.1 Å². The molecule has 3 heterocycles. The number of imidazole rings is 1. The Morgan fingerprint density at radius 3 is 2.54 bits per heavy atom. The lowest BCUT2D eigenvalue weighted by Crippen LogP contribution is -2.30. The Hall–Kier alpha value is -4.73. The first-order chi connectivity index (χ1) is 17.9. The van der Waals surface area contributed by atoms with E-state index in [4.69, 9.17) is 10.5 Å². The van der Waals surface area contributed by atoms with E-state index in [-0.39, 0.29) is 17.5 Å². The molecule has 37 heavy (non-hydrogen) atoms. The van der Waals surface area contributed by atoms with Gasteiger partial charge in [0.1, 0.15) is 5.75 Å². The Balaban J connectivity index is 1.28. The first kappa shape index (κ1) is 24.0. The molecule has 1 aliphatic rings. The third kappa shape index (κ3) is 4.16. The van der Waals surface area contributed by atoms with Crippen molar-refractivity contribution in [1.29, 1.82) is 0 Å². The van der Waals surface area contributed by atoms with Gasteiger partial charge in [-0.05, 0) is 31.0 Å². The molecule has 0 fully saturated rings. The van der Waals surface area contributed by atoms with Crippen molar-refractivity contribution in [3.05, 3.63) is 76.0 Å². The summed E-state index contributed by atoms with van der Waals surface area (Å²) in [6.45, 7) is 0.840. The van der Waals surface area contributed by atoms with E-state index < -0.39 is 0 Å². The van der Waals surface area contributed by atoms with Crippen LogP contribution in [-0.4, -0.2) is 57.7 Å². The minimum atomic E-state index is -0.246. The van der Waals surface area contributed by atoms with Gasteiger partial charge in [-0.1, -0.05) is 12.1 Å². The first-order valence-electron chi connectivity index (χ1n) is 11.9. The Kier molecular flexibility index (Phi) is 6.31. The van der Waals surface area contributed by atoms with Crippen LogP contribution >= 0.6 is 0 Å². The van der Waals surface area contributed by atoms with Gasteiger partial charge in [-0.3, -0.25) is 29.0 Å². The van der Waals surface area contributed by atoms with Crippen molar-refractivity contribution in [1.82, 2.24) is 19.4 Å². The number of fused-ring (bicyclic) bond motifs is 4. The van der Waals surface area contributed by atoms with Crippen molar-refractivity contribution in [2.24, 2.45) is 17.8 Å². The molecule has 188 valence electrons. The van der Waals surface area contributed by atoms with Crippen LogP contribution in [0.15, 0.2) is 58.6 Å². The zero-order valence-electron chi connectivity index (χ0n) is 20.5. The van der Waals surface area contributed by atoms with Crippen LogP contribution in [0.2, 0.25) is 0 Å². The standard InChI is InChI=1S/C27H26N6O4/c1-32-22-15-30-21-12-23(37-2)19(11-20(21)24(22)31-27(32)36)16(13-28)14-29-9-5-6-10-33-25(34)17-7-3-4-8-18(17)26(33)35/h3-4,7-8,11-15H,5-6,9-10,28H2,1-2H3,(H,31,36). The third-order valence-electron chi connectivity index (χ3n) is 6.59. The van der Waals surface area contributed by atoms with E-state index in [1.54, 1.807) is 56.9 Å². The number of unbranched alkanes of at least 4 members (excludes halogenated alkanes) is 1. The number of aryl methyl sites for hydroxylation is 1. The number of carbonyl (C=O) groups excluding carboxylic acids is 2. The van der Waals surface area contributed by atoms with Crippen molar-refractivity contribution in [3.63, 3.8) is 0 Å². The largest absolute Gasteiger partial charge is 0.496 e. The van der Waals surface area contributed by atoms with Crippen LogP contribution in [0.5, 0.6) is 5.75 Å². The van der Waals surface area contributed by atoms with E-state index in [9.17, 15) is 14.4 Å². The molecule has 1 aliphatic heterocycles. The molecule has 0 bridgehead atoms. The molecule has 2 aromatic heterocycles. The summed E-state index contributed by atoms with van der Waals surface area (Å²) >= 11 is 0. The number of nitrogens with one attached hydrogen (secondary N) is 1. The number of aliphatic imine (C=N–C) groups is 1. The highest BCUT2D eigenvalue weighted by molar-refractivity contribution is 6.21. The van der Waals surface area contributed by atoms with Gasteiger partial charge in [-0.25, -0.2) is 4.79 Å². The molecule has 0 saturated heterocycles. The lowest BCUT2D eigenvalue weighted by atomic mass is 10.0. The Morgan fingerprint density at radius 1 is 1.14 bits per heavy atom. The average Bonchev–Trinajstić information content (AvgIpc) is 3.35. The number of methoxy groups -OCH3 is 1. The summed E-state index contributed by atoms with van der Waals surface area (Å²) in [6.07, 6.45) is 6.10. The minimum absolute atomic E-state index is 0.223. The predicted octanol–water partition coefficient (Wildman–Crippen LogP) is 2.87. The second-order valence-electron chi connectivity index (χ2n) is 8.75. The van der Waals surface area contributed by atoms with E-state index in [0.717, 1.165) is 5.39 Å². The van der Waals surface area contributed by atoms with Crippen molar-refractivity contribution < 1.29 is 14.3 Å². The summed E-state index contributed by atoms with van der Waals surface area (Å²) < 4.78 is 7.09. The van der Waals surface area contributed by atoms with E-state index in [1.165, 1.54) is 15.7 Å². The van der Waals surface area contributed by atoms with Crippen LogP contribution in [-0.2, 0) is 7.05 Å². The van der Waals surface area contributed by atoms with Gasteiger partial charge in [0.2, 0.25) is 0 Å². The van der Waals surface area contributed by atoms with Crippen molar-refractivity contribution >= 4 is 45.5 Å². The molecule has 2 amide bonds. The van der Waals surface area contributed by atoms with Crippen LogP contribution in [0.25, 0.3) is 27.5 Å². The number of imide groups is 1. The number of hydrogen-bond donors (Lipinski definition) is 2. The molecule has 0 aliphatic carbocycles. The van der Waals surface area contributed by atoms with E-state index in [0.29, 0.717) is 70.5 Å². The van der Waals surface area contributed by atoms with Crippen LogP contribution < -0.4 is 16.2 Å². The second-order valence-corrected chi connectivity index (χ2v) is 8.75. The number of rotatable bonds is 8. The molecule has 2 aromatic carbocycles. The number of aromatic amines is 1. The topological polar surface area (TPSA) is 136 Å². The molecule has 0 saturated carbocycles. The minimum Gasteiger partial charge on any atom is -0.496 e. The van der Waals surface area contributed by atoms with Crippen LogP contribution in [0.4, 0.5) is 0 Å². The van der Waals surface area contributed by atoms with Gasteiger partial charge >= 0.3 is 5.69 Å². The smallest absolute Gasteiger partial charge is 0.326 e. The van der Waals surface area contributed by atoms with E-state index in [2.05, 4.69) is 15.0 Å². The maximum Gasteiger partial charge on any atom is 0.326 e. The number of nitrogens with zero attached hydrogens (tertiary/aromatic N) is 4. The number of ether oxygens (including phenoxy) is 1. The first-order valence-corrected chi connectivity index (χ1v) is 11.9. The van der Waals surface area contributed by atoms with Crippen molar-refractivity contribution in [3.8, 4) is 5.75 Å². The van der Waals surface area contributed by atoms with Crippen molar-refractivity contribution in [2.45, 2.75) is 12.8 Å². The van der Waals surface area contributed by atoms with E-state index in [1.807, 2.05) is 6.07 Å². The molecule has 3 N–H and O–H groups in total. The van der Waals surface area contributed by atoms with Gasteiger partial charge in [0, 0.05) is 55.1 Å². The number of allylic oxidation sites excluding steroid dienone is 1. The SMILES string of the molecule is COc1cc2ncc3c([nH]c(=O)n3C)c2cc1C(C=NCCCCN1C(=O)c2ccccc2C1=O)=CN. The summed E-state index contributed by atoms with van der Waals surface area (Å²) in [4.78, 5) is 50.3. The molecule has 5 rings (SSSR count). The fourth-order valence-electron chi connectivity index (χ4n) is 4.57. The van der Waals surface area contributed by atoms with Crippen molar-refractivity contribution in [2.75, 3.05) is 20.2 Å². The highest BCUT2D eigenvalue weighted by Crippen LogP contribution is 2.32. The lowest BCUT2D eigenvalue weighted by Gasteiger charge is -2.13. The van der Waals surface area contributed by atoms with Crippen LogP contribution in [0.3, 0.4) is 0 Å². The van der Waals surface area contributed by atoms with Gasteiger partial charge in [0.25, 0.3) is 11.8 Å². The summed E-state index contributed by atoms with van der Waals surface area (Å²) in [6, 6.07) is 10.6. The Morgan fingerprint density at radius 2 is 1.86 bits per heavy atom. The summed E-state index contributed by atoms with van der Waals surface area (Å²) in [7, 11) is 3.25. The fraction of sp³-hybridized carbons (Fsp3) is 0.222. The number of carbonyl (C=O) groups is 2. The Bertz CT molecular complexity index is 1630.